The summed E-state index contributed by atoms with van der Waals surface area (Å²) >= 11 is 0. The highest BCUT2D eigenvalue weighted by Crippen LogP contribution is 2.34. The number of rotatable bonds is 8. The molecule has 1 amide bonds. The summed E-state index contributed by atoms with van der Waals surface area (Å²) in [6.07, 6.45) is 7.36. The van der Waals surface area contributed by atoms with Gasteiger partial charge in [0, 0.05) is 18.1 Å². The number of aromatic nitrogens is 2. The summed E-state index contributed by atoms with van der Waals surface area (Å²) in [5.41, 5.74) is 2.89. The van der Waals surface area contributed by atoms with Crippen LogP contribution < -0.4 is 4.90 Å². The van der Waals surface area contributed by atoms with Crippen molar-refractivity contribution < 1.29 is 35.2 Å². The Kier molecular flexibility index (Phi) is 8.57. The van der Waals surface area contributed by atoms with Crippen molar-refractivity contribution in [1.82, 2.24) is 14.5 Å². The second-order valence-electron chi connectivity index (χ2n) is 10.7. The van der Waals surface area contributed by atoms with Gasteiger partial charge in [-0.25, -0.2) is 30.4 Å². The molecule has 43 heavy (non-hydrogen) atoms. The summed E-state index contributed by atoms with van der Waals surface area (Å²) in [7, 11) is -4.53. The maximum atomic E-state index is 14.5. The van der Waals surface area contributed by atoms with Crippen molar-refractivity contribution in [3.8, 4) is 0 Å². The summed E-state index contributed by atoms with van der Waals surface area (Å²) in [4.78, 5) is 13.2. The topological polar surface area (TPSA) is 86.4 Å². The lowest BCUT2D eigenvalue weighted by molar-refractivity contribution is -0.121. The molecule has 228 valence electrons. The second-order valence-corrected chi connectivity index (χ2v) is 12.7. The summed E-state index contributed by atoms with van der Waals surface area (Å²) < 4.78 is 97.0. The van der Waals surface area contributed by atoms with Gasteiger partial charge in [0.15, 0.2) is 28.2 Å². The first kappa shape index (κ1) is 30.6. The van der Waals surface area contributed by atoms with E-state index >= 15 is 0 Å². The Hall–Kier alpha value is -3.84. The van der Waals surface area contributed by atoms with Crippen LogP contribution in [0, 0.1) is 29.1 Å². The quantitative estimate of drug-likeness (QED) is 0.138. The van der Waals surface area contributed by atoms with E-state index in [4.69, 9.17) is 0 Å². The minimum Gasteiger partial charge on any atom is -0.307 e. The average molecular weight is 621 g/mol. The third-order valence-electron chi connectivity index (χ3n) is 8.11. The Labute approximate surface area is 245 Å². The van der Waals surface area contributed by atoms with Crippen LogP contribution in [-0.2, 0) is 21.4 Å². The van der Waals surface area contributed by atoms with Gasteiger partial charge in [-0.05, 0) is 55.0 Å². The smallest absolute Gasteiger partial charge is 0.249 e. The van der Waals surface area contributed by atoms with Gasteiger partial charge >= 0.3 is 0 Å². The number of carbonyl (C=O) groups excluding carboxylic acids is 1. The van der Waals surface area contributed by atoms with E-state index in [1.54, 1.807) is 24.4 Å². The molecule has 13 heteroatoms. The van der Waals surface area contributed by atoms with Crippen LogP contribution in [0.3, 0.4) is 0 Å². The zero-order valence-electron chi connectivity index (χ0n) is 23.4. The number of benzene rings is 3. The van der Waals surface area contributed by atoms with Crippen LogP contribution in [0.2, 0.25) is 0 Å². The number of nitrogens with one attached hydrogen (secondary N) is 1. The highest BCUT2D eigenvalue weighted by molar-refractivity contribution is 7.89. The molecule has 0 saturated heterocycles. The van der Waals surface area contributed by atoms with E-state index in [-0.39, 0.29) is 6.54 Å². The van der Waals surface area contributed by atoms with E-state index < -0.39 is 56.0 Å². The second kappa shape index (κ2) is 12.0. The fourth-order valence-corrected chi connectivity index (χ4v) is 6.87. The molecule has 1 aliphatic carbocycles. The van der Waals surface area contributed by atoms with Crippen molar-refractivity contribution >= 4 is 32.5 Å². The van der Waals surface area contributed by atoms with E-state index in [9.17, 15) is 35.2 Å². The monoisotopic (exact) mass is 620 g/mol. The Bertz CT molecular complexity index is 1740. The minimum absolute atomic E-state index is 0.00415. The van der Waals surface area contributed by atoms with Crippen LogP contribution in [-0.4, -0.2) is 41.9 Å². The Morgan fingerprint density at radius 3 is 2.16 bits per heavy atom. The number of H-pyrrole nitrogens is 1. The van der Waals surface area contributed by atoms with Crippen LogP contribution in [0.15, 0.2) is 53.6 Å². The molecule has 0 aliphatic heterocycles. The molecule has 1 aliphatic rings. The molecule has 5 rings (SSSR count). The molecule has 3 aromatic carbocycles. The molecule has 1 N–H and O–H groups in total. The van der Waals surface area contributed by atoms with Crippen LogP contribution >= 0.6 is 0 Å². The summed E-state index contributed by atoms with van der Waals surface area (Å²) in [6, 6.07) is 11.2. The van der Waals surface area contributed by atoms with Gasteiger partial charge in [0.05, 0.1) is 18.3 Å². The third kappa shape index (κ3) is 5.75. The van der Waals surface area contributed by atoms with Crippen molar-refractivity contribution in [2.45, 2.75) is 62.4 Å². The molecule has 0 unspecified atom stereocenters. The number of aromatic amines is 1. The normalized spacial score (nSPS) is 15.3. The predicted octanol–water partition coefficient (Wildman–Crippen LogP) is 6.55. The number of carbonyl (C=O) groups is 1. The minimum atomic E-state index is -5.37. The van der Waals surface area contributed by atoms with Crippen LogP contribution in [0.1, 0.15) is 56.1 Å². The molecule has 4 aromatic rings. The lowest BCUT2D eigenvalue weighted by Gasteiger charge is -2.30. The van der Waals surface area contributed by atoms with Gasteiger partial charge in [-0.3, -0.25) is 9.89 Å². The SMILES string of the molecule is C[C@H](C(=O)N(Cc1ccc(C2CCCCC2)cc1)c1ccc2cn[nH]c2c1)N(C)S(=O)(=O)c1c(F)c(F)c(F)c(F)c1F. The van der Waals surface area contributed by atoms with Gasteiger partial charge in [0.1, 0.15) is 6.04 Å². The standard InChI is InChI=1S/C30H29F5N4O3S/c1-17(38(2)43(41,42)29-27(34)25(32)24(31)26(33)28(29)35)30(40)39(22-13-12-21-15-36-37-23(21)14-22)16-18-8-10-20(11-9-18)19-6-4-3-5-7-19/h8-15,17,19H,3-7,16H2,1-2H3,(H,36,37)/t17-/m1/s1. The predicted molar refractivity (Wildman–Crippen MR) is 150 cm³/mol. The van der Waals surface area contributed by atoms with Crippen LogP contribution in [0.5, 0.6) is 0 Å². The highest BCUT2D eigenvalue weighted by Gasteiger charge is 2.40. The number of nitrogens with zero attached hydrogens (tertiary/aromatic N) is 3. The number of hydrogen-bond donors (Lipinski definition) is 1. The van der Waals surface area contributed by atoms with Crippen molar-refractivity contribution in [2.24, 2.45) is 0 Å². The Balaban J connectivity index is 1.48. The first-order valence-electron chi connectivity index (χ1n) is 13.7. The number of hydrogen-bond acceptors (Lipinski definition) is 4. The number of likely N-dealkylation sites (N-methyl/N-ethyl adjacent to an activating group) is 1. The van der Waals surface area contributed by atoms with Crippen molar-refractivity contribution in [3.05, 3.63) is 88.9 Å². The maximum Gasteiger partial charge on any atom is 0.249 e. The summed E-state index contributed by atoms with van der Waals surface area (Å²) in [5, 5.41) is 7.54. The molecule has 1 atom stereocenters. The lowest BCUT2D eigenvalue weighted by atomic mass is 9.84. The van der Waals surface area contributed by atoms with Crippen molar-refractivity contribution in [3.63, 3.8) is 0 Å². The molecule has 1 heterocycles. The van der Waals surface area contributed by atoms with Gasteiger partial charge in [-0.1, -0.05) is 43.5 Å². The zero-order valence-corrected chi connectivity index (χ0v) is 24.2. The highest BCUT2D eigenvalue weighted by atomic mass is 32.2. The number of sulfonamides is 1. The average Bonchev–Trinajstić information content (AvgIpc) is 3.49. The lowest BCUT2D eigenvalue weighted by Crippen LogP contribution is -2.48. The molecule has 1 saturated carbocycles. The molecule has 0 bridgehead atoms. The van der Waals surface area contributed by atoms with E-state index in [0.717, 1.165) is 30.8 Å². The maximum absolute atomic E-state index is 14.5. The molecule has 0 spiro atoms. The molecule has 1 fully saturated rings. The fourth-order valence-electron chi connectivity index (χ4n) is 5.45. The first-order chi connectivity index (χ1) is 20.4. The van der Waals surface area contributed by atoms with Gasteiger partial charge in [0.25, 0.3) is 0 Å². The molecular weight excluding hydrogens is 591 g/mol. The number of amides is 1. The number of anilines is 1. The number of fused-ring (bicyclic) bond motifs is 1. The largest absolute Gasteiger partial charge is 0.307 e. The van der Waals surface area contributed by atoms with Gasteiger partial charge in [-0.15, -0.1) is 0 Å². The number of halogens is 5. The Morgan fingerprint density at radius 2 is 1.53 bits per heavy atom. The van der Waals surface area contributed by atoms with Crippen LogP contribution in [0.4, 0.5) is 27.6 Å². The Morgan fingerprint density at radius 1 is 0.930 bits per heavy atom. The van der Waals surface area contributed by atoms with Crippen LogP contribution in [0.25, 0.3) is 10.9 Å². The zero-order chi connectivity index (χ0) is 31.1. The van der Waals surface area contributed by atoms with E-state index in [2.05, 4.69) is 10.2 Å². The third-order valence-corrected chi connectivity index (χ3v) is 10.1. The van der Waals surface area contributed by atoms with E-state index in [0.29, 0.717) is 21.4 Å². The first-order valence-corrected chi connectivity index (χ1v) is 15.2. The molecule has 0 radical (unpaired) electrons. The molecule has 1 aromatic heterocycles. The van der Waals surface area contributed by atoms with Crippen molar-refractivity contribution in [1.29, 1.82) is 0 Å². The van der Waals surface area contributed by atoms with E-state index in [1.807, 2.05) is 24.3 Å². The molecular formula is C30H29F5N4O3S. The fraction of sp³-hybridized carbons (Fsp3) is 0.333. The van der Waals surface area contributed by atoms with Gasteiger partial charge < -0.3 is 4.90 Å². The van der Waals surface area contributed by atoms with Gasteiger partial charge in [0.2, 0.25) is 21.7 Å². The summed E-state index contributed by atoms with van der Waals surface area (Å²) in [5.74, 6) is -12.7. The summed E-state index contributed by atoms with van der Waals surface area (Å²) in [6.45, 7) is 1.17. The molecule has 7 nitrogen and oxygen atoms in total. The van der Waals surface area contributed by atoms with Crippen molar-refractivity contribution in [2.75, 3.05) is 11.9 Å². The van der Waals surface area contributed by atoms with E-state index in [1.165, 1.54) is 36.6 Å². The van der Waals surface area contributed by atoms with Gasteiger partial charge in [-0.2, -0.15) is 9.40 Å².